The quantitative estimate of drug-likeness (QED) is 0.0146. The number of allylic oxidation sites excluding steroid dienone is 4. The molecule has 0 spiro atoms. The summed E-state index contributed by atoms with van der Waals surface area (Å²) in [4.78, 5) is 40.3. The zero-order valence-corrected chi connectivity index (χ0v) is 42.0. The Morgan fingerprint density at radius 1 is 0.507 bits per heavy atom. The van der Waals surface area contributed by atoms with Gasteiger partial charge in [0, 0.05) is 45.4 Å². The van der Waals surface area contributed by atoms with E-state index in [0.717, 1.165) is 77.4 Å². The van der Waals surface area contributed by atoms with E-state index in [4.69, 9.17) is 28.4 Å². The van der Waals surface area contributed by atoms with Crippen LogP contribution in [0.3, 0.4) is 0 Å². The molecule has 20 heteroatoms. The van der Waals surface area contributed by atoms with E-state index in [-0.39, 0.29) is 110 Å². The van der Waals surface area contributed by atoms with Gasteiger partial charge in [-0.15, -0.1) is 0 Å². The van der Waals surface area contributed by atoms with Gasteiger partial charge in [0.1, 0.15) is 19.8 Å². The van der Waals surface area contributed by atoms with Crippen LogP contribution in [0, 0.1) is 5.92 Å². The van der Waals surface area contributed by atoms with Crippen molar-refractivity contribution in [2.24, 2.45) is 5.92 Å². The predicted octanol–water partition coefficient (Wildman–Crippen LogP) is 15.0. The number of carbonyl (C=O) groups is 3. The Labute approximate surface area is 415 Å². The van der Waals surface area contributed by atoms with Gasteiger partial charge in [0.15, 0.2) is 6.29 Å². The molecule has 0 aromatic carbocycles. The molecule has 0 aromatic rings. The highest BCUT2D eigenvalue weighted by molar-refractivity contribution is 5.69. The lowest BCUT2D eigenvalue weighted by molar-refractivity contribution is -0.284. The van der Waals surface area contributed by atoms with Gasteiger partial charge < -0.3 is 33.3 Å². The Hall–Kier alpha value is -3.13. The maximum absolute atomic E-state index is 13.2. The van der Waals surface area contributed by atoms with E-state index >= 15 is 0 Å². The number of rotatable bonds is 43. The monoisotopic (exact) mass is 1040 g/mol. The molecule has 0 saturated carbocycles. The number of hydrogen-bond donors (Lipinski definition) is 0. The Kier molecular flexibility index (Phi) is 36.5. The van der Waals surface area contributed by atoms with Crippen LogP contribution in [-0.4, -0.2) is 113 Å². The third-order valence-electron chi connectivity index (χ3n) is 11.8. The number of piperidine rings is 1. The second kappa shape index (κ2) is 39.3. The lowest BCUT2D eigenvalue weighted by Gasteiger charge is -2.26. The van der Waals surface area contributed by atoms with Gasteiger partial charge in [-0.2, -0.15) is 43.9 Å². The van der Waals surface area contributed by atoms with Gasteiger partial charge in [-0.05, 0) is 96.6 Å². The zero-order valence-electron chi connectivity index (χ0n) is 42.0. The van der Waals surface area contributed by atoms with Crippen LogP contribution >= 0.6 is 0 Å². The van der Waals surface area contributed by atoms with E-state index < -0.39 is 67.3 Å². The van der Waals surface area contributed by atoms with Crippen LogP contribution in [0.5, 0.6) is 0 Å². The molecule has 0 amide bonds. The van der Waals surface area contributed by atoms with Crippen LogP contribution < -0.4 is 0 Å². The molecule has 416 valence electrons. The normalized spacial score (nSPS) is 14.7. The molecule has 71 heavy (non-hydrogen) atoms. The van der Waals surface area contributed by atoms with Gasteiger partial charge >= 0.3 is 42.3 Å². The summed E-state index contributed by atoms with van der Waals surface area (Å²) in [5.74, 6) is -11.5. The summed E-state index contributed by atoms with van der Waals surface area (Å²) in [7, 11) is 0. The highest BCUT2D eigenvalue weighted by atomic mass is 19.4. The van der Waals surface area contributed by atoms with Crippen LogP contribution in [-0.2, 0) is 38.0 Å². The molecule has 1 fully saturated rings. The van der Waals surface area contributed by atoms with Crippen molar-refractivity contribution in [3.63, 3.8) is 0 Å². The number of hydrogen-bond acceptors (Lipinski definition) is 10. The molecule has 0 aliphatic carbocycles. The van der Waals surface area contributed by atoms with Crippen molar-refractivity contribution in [2.45, 2.75) is 217 Å². The molecule has 1 atom stereocenters. The number of likely N-dealkylation sites (tertiary alicyclic amines) is 1. The van der Waals surface area contributed by atoms with Crippen molar-refractivity contribution in [1.82, 2.24) is 4.90 Å². The first-order chi connectivity index (χ1) is 33.8. The summed E-state index contributed by atoms with van der Waals surface area (Å²) < 4.78 is 161. The van der Waals surface area contributed by atoms with E-state index in [1.165, 1.54) is 25.7 Å². The number of nitrogens with zero attached hydrogens (tertiary/aromatic N) is 1. The summed E-state index contributed by atoms with van der Waals surface area (Å²) in [6.07, 6.45) is 8.49. The summed E-state index contributed by atoms with van der Waals surface area (Å²) in [6.45, 7) is 4.28. The molecular weight excluding hydrogens is 961 g/mol. The number of ether oxygens (including phenoxy) is 6. The minimum atomic E-state index is -5.64. The van der Waals surface area contributed by atoms with Crippen LogP contribution in [0.15, 0.2) is 24.3 Å². The van der Waals surface area contributed by atoms with Crippen molar-refractivity contribution >= 4 is 18.1 Å². The van der Waals surface area contributed by atoms with Gasteiger partial charge in [-0.1, -0.05) is 95.4 Å². The van der Waals surface area contributed by atoms with Crippen molar-refractivity contribution in [2.75, 3.05) is 59.3 Å². The minimum absolute atomic E-state index is 0.0176. The van der Waals surface area contributed by atoms with Gasteiger partial charge in [-0.3, -0.25) is 9.59 Å². The van der Waals surface area contributed by atoms with Gasteiger partial charge in [0.2, 0.25) is 0 Å². The molecule has 1 aliphatic rings. The topological polar surface area (TPSA) is 110 Å². The third kappa shape index (κ3) is 35.6. The molecule has 10 nitrogen and oxygen atoms in total. The average molecular weight is 1040 g/mol. The molecule has 0 radical (unpaired) electrons. The van der Waals surface area contributed by atoms with Crippen LogP contribution in [0.25, 0.3) is 0 Å². The molecule has 1 unspecified atom stereocenters. The lowest BCUT2D eigenvalue weighted by Crippen LogP contribution is -2.36. The number of carbonyl (C=O) groups excluding carboxylic acids is 3. The maximum Gasteiger partial charge on any atom is 0.508 e. The maximum atomic E-state index is 13.2. The fourth-order valence-electron chi connectivity index (χ4n) is 7.41. The Morgan fingerprint density at radius 3 is 1.54 bits per heavy atom. The van der Waals surface area contributed by atoms with Crippen LogP contribution in [0.2, 0.25) is 0 Å². The molecule has 1 saturated heterocycles. The molecule has 0 N–H and O–H groups in total. The first-order valence-corrected chi connectivity index (χ1v) is 26.0. The second-order valence-electron chi connectivity index (χ2n) is 18.3. The van der Waals surface area contributed by atoms with E-state index in [1.54, 1.807) is 0 Å². The summed E-state index contributed by atoms with van der Waals surface area (Å²) in [5.41, 5.74) is 0. The largest absolute Gasteiger partial charge is 0.508 e. The number of esters is 2. The van der Waals surface area contributed by atoms with Crippen molar-refractivity contribution in [3.8, 4) is 0 Å². The van der Waals surface area contributed by atoms with Crippen LogP contribution in [0.1, 0.15) is 187 Å². The lowest BCUT2D eigenvalue weighted by atomic mass is 10.1. The summed E-state index contributed by atoms with van der Waals surface area (Å²) in [5, 5.41) is 0. The highest BCUT2D eigenvalue weighted by Crippen LogP contribution is 2.40. The van der Waals surface area contributed by atoms with Crippen LogP contribution in [0.4, 0.5) is 48.7 Å². The fourth-order valence-corrected chi connectivity index (χ4v) is 7.41. The predicted molar refractivity (Wildman–Crippen MR) is 250 cm³/mol. The van der Waals surface area contributed by atoms with E-state index in [2.05, 4.69) is 36.1 Å². The summed E-state index contributed by atoms with van der Waals surface area (Å²) in [6, 6.07) is 0. The average Bonchev–Trinajstić information content (AvgIpc) is 3.31. The van der Waals surface area contributed by atoms with E-state index in [1.807, 2.05) is 0 Å². The molecule has 1 heterocycles. The van der Waals surface area contributed by atoms with E-state index in [9.17, 15) is 58.3 Å². The third-order valence-corrected chi connectivity index (χ3v) is 11.8. The van der Waals surface area contributed by atoms with Crippen molar-refractivity contribution < 1.29 is 86.7 Å². The first-order valence-electron chi connectivity index (χ1n) is 26.0. The Bertz CT molecular complexity index is 1390. The Morgan fingerprint density at radius 2 is 0.986 bits per heavy atom. The first kappa shape index (κ1) is 65.9. The van der Waals surface area contributed by atoms with Crippen molar-refractivity contribution in [3.05, 3.63) is 24.3 Å². The van der Waals surface area contributed by atoms with Gasteiger partial charge in [-0.25, -0.2) is 4.79 Å². The van der Waals surface area contributed by atoms with E-state index in [0.29, 0.717) is 12.8 Å². The molecule has 0 bridgehead atoms. The number of halogens is 10. The minimum Gasteiger partial charge on any atom is -0.465 e. The smallest absolute Gasteiger partial charge is 0.465 e. The standard InChI is InChI=1S/C51H83F10NO9/c1-2-3-4-5-6-7-8-9-10-11-12-13-14-15-21-29-44(63)69-40-43(42-71-47(65)68-39-28-36-62-34-24-20-25-35-62)41-70-45(64)30-31-46(66-37-26-18-16-22-32-48(52,53)50(56,57)58)67-38-27-19-17-23-33-49(54,55)51(59,60)61/h6-7,9-10,43,46H,2-5,8,11-42H2,1H3/b7-6-,10-9-. The molecular formula is C51H83F10NO9. The SMILES string of the molecule is CCCCC/C=C\C/C=C\CCCCCCCC(=O)OCC(COC(=O)CCC(OCCCCCCC(F)(F)C(F)(F)F)OCCCCCCC(F)(F)C(F)(F)F)COC(=O)OCCCN1CCCCC1. The van der Waals surface area contributed by atoms with Crippen molar-refractivity contribution in [1.29, 1.82) is 0 Å². The molecule has 1 aliphatic heterocycles. The van der Waals surface area contributed by atoms with Gasteiger partial charge in [0.05, 0.1) is 18.9 Å². The Balaban J connectivity index is 2.66. The second-order valence-corrected chi connectivity index (χ2v) is 18.3. The highest BCUT2D eigenvalue weighted by Gasteiger charge is 2.57. The summed E-state index contributed by atoms with van der Waals surface area (Å²) >= 11 is 0. The molecule has 0 aromatic heterocycles. The number of alkyl halides is 10. The fraction of sp³-hybridized carbons (Fsp3) is 0.863. The zero-order chi connectivity index (χ0) is 52.7. The molecule has 1 rings (SSSR count). The van der Waals surface area contributed by atoms with Gasteiger partial charge in [0.25, 0.3) is 0 Å². The number of unbranched alkanes of at least 4 members (excludes halogenated alkanes) is 14.